The monoisotopic (exact) mass is 2140 g/mol. The van der Waals surface area contributed by atoms with Gasteiger partial charge in [-0.15, -0.1) is 25.5 Å². The van der Waals surface area contributed by atoms with Crippen molar-refractivity contribution in [2.24, 2.45) is 0 Å². The number of hydrogen-bond donors (Lipinski definition) is 22. The van der Waals surface area contributed by atoms with Crippen LogP contribution in [-0.4, -0.2) is 444 Å². The molecule has 49 nitrogen and oxygen atoms in total. The van der Waals surface area contributed by atoms with E-state index < -0.39 is 138 Å². The van der Waals surface area contributed by atoms with Gasteiger partial charge >= 0.3 is 0 Å². The first-order valence-corrected chi connectivity index (χ1v) is 54.8. The van der Waals surface area contributed by atoms with Gasteiger partial charge in [0.2, 0.25) is 41.4 Å². The topological polar surface area (TPSA) is 707 Å². The highest BCUT2D eigenvalue weighted by molar-refractivity contribution is 8.00. The molecule has 0 aliphatic heterocycles. The standard InChI is InChI=1S/C49H87N13O16S4.C36H65N9O11S3/c1-2-13-79-17-6-45(75)53-49(36-76-24-39-21-60(57-54-39)10-3-14-80-18-7-42(72)50-46(27-63,28-64)29-65,37-77-25-40-22-61(58-55-40)11-4-15-81-19-8-43(73)51-47(30-66,31-67)32-68)38-78-26-41-23-62(59-56-41)12-5-16-82-20-9-44(74)52-48(33-69,34-70)35-71;1-3-11-57-14-6-31(52)37-34(2,27-55-19-29-17-44(42-40-29)9-4-12-58-15-7-32(53)38-35(21-46,22-47)23-48)28-56-20-30-18-45(43-41-30)10-5-13-59-16-8-33(54)39-36(24-49,25-50)26-51/h21-23,63-71H,2-20,24-38H2,1H3,(H,50,72)(H,51,73)(H,52,74)(H,53,75);17-18,46-51H,3-16,19-28H2,1-2H3,(H,37,52)(H,38,53)(H,39,54). The van der Waals surface area contributed by atoms with Crippen LogP contribution in [0.1, 0.15) is 139 Å². The molecule has 0 radical (unpaired) electrons. The van der Waals surface area contributed by atoms with E-state index in [0.717, 1.165) is 68.0 Å². The van der Waals surface area contributed by atoms with Crippen molar-refractivity contribution >= 4 is 124 Å². The van der Waals surface area contributed by atoms with Crippen LogP contribution in [0.3, 0.4) is 0 Å². The lowest BCUT2D eigenvalue weighted by Gasteiger charge is -2.34. The van der Waals surface area contributed by atoms with Crippen LogP contribution in [0.4, 0.5) is 0 Å². The number of carbonyl (C=O) groups is 7. The largest absolute Gasteiger partial charge is 0.394 e. The van der Waals surface area contributed by atoms with Gasteiger partial charge in [0, 0.05) is 118 Å². The summed E-state index contributed by atoms with van der Waals surface area (Å²) < 4.78 is 39.4. The number of aliphatic hydroxyl groups excluding tert-OH is 15. The molecule has 806 valence electrons. The lowest BCUT2D eigenvalue weighted by atomic mass is 10.0. The average Bonchev–Trinajstić information content (AvgIpc) is 1.68. The van der Waals surface area contributed by atoms with Crippen molar-refractivity contribution < 1.29 is 134 Å². The summed E-state index contributed by atoms with van der Waals surface area (Å²) in [5.74, 6) is 7.24. The van der Waals surface area contributed by atoms with E-state index in [9.17, 15) is 110 Å². The lowest BCUT2D eigenvalue weighted by Crippen LogP contribution is -2.58. The van der Waals surface area contributed by atoms with E-state index in [0.29, 0.717) is 125 Å². The molecule has 0 bridgehead atoms. The number of aromatic nitrogens is 15. The molecule has 0 aromatic carbocycles. The molecule has 0 saturated heterocycles. The van der Waals surface area contributed by atoms with Crippen LogP contribution in [0.25, 0.3) is 0 Å². The minimum atomic E-state index is -1.47. The zero-order chi connectivity index (χ0) is 103. The summed E-state index contributed by atoms with van der Waals surface area (Å²) in [7, 11) is 0. The summed E-state index contributed by atoms with van der Waals surface area (Å²) in [5.41, 5.74) is -6.43. The van der Waals surface area contributed by atoms with Gasteiger partial charge in [-0.3, -0.25) is 57.0 Å². The third kappa shape index (κ3) is 52.2. The van der Waals surface area contributed by atoms with Crippen molar-refractivity contribution in [1.29, 1.82) is 0 Å². The first-order valence-electron chi connectivity index (χ1n) is 46.8. The van der Waals surface area contributed by atoms with Crippen LogP contribution >= 0.6 is 82.3 Å². The molecule has 0 saturated carbocycles. The minimum Gasteiger partial charge on any atom is -0.394 e. The minimum absolute atomic E-state index is 0.0418. The Bertz CT molecular complexity index is 3840. The number of aliphatic hydroxyl groups is 15. The van der Waals surface area contributed by atoms with Crippen molar-refractivity contribution in [1.82, 2.24) is 112 Å². The molecule has 5 heterocycles. The van der Waals surface area contributed by atoms with Crippen LogP contribution in [-0.2, 0) is 123 Å². The normalized spacial score (nSPS) is 12.2. The van der Waals surface area contributed by atoms with Crippen LogP contribution in [0, 0.1) is 0 Å². The Labute approximate surface area is 851 Å². The number of hydrogen-bond acceptors (Lipinski definition) is 44. The highest BCUT2D eigenvalue weighted by Crippen LogP contribution is 2.21. The maximum atomic E-state index is 13.7. The molecule has 0 atom stereocenters. The highest BCUT2D eigenvalue weighted by atomic mass is 32.2. The number of carbonyl (C=O) groups excluding carboxylic acids is 7. The van der Waals surface area contributed by atoms with E-state index in [1.54, 1.807) is 137 Å². The molecule has 5 aromatic rings. The number of nitrogens with one attached hydrogen (secondary N) is 7. The molecule has 0 fully saturated rings. The number of rotatable bonds is 87. The van der Waals surface area contributed by atoms with Crippen LogP contribution in [0.5, 0.6) is 0 Å². The number of amides is 7. The van der Waals surface area contributed by atoms with Crippen LogP contribution < -0.4 is 37.2 Å². The van der Waals surface area contributed by atoms with E-state index in [1.807, 2.05) is 6.92 Å². The van der Waals surface area contributed by atoms with Gasteiger partial charge in [0.1, 0.15) is 61.7 Å². The Morgan fingerprint density at radius 2 is 0.426 bits per heavy atom. The molecule has 0 spiro atoms. The zero-order valence-electron chi connectivity index (χ0n) is 81.1. The summed E-state index contributed by atoms with van der Waals surface area (Å²) in [6.45, 7) is 0.812. The van der Waals surface area contributed by atoms with Crippen LogP contribution in [0.15, 0.2) is 31.0 Å². The Balaban J connectivity index is 0.000000621. The molecule has 0 aliphatic rings. The van der Waals surface area contributed by atoms with Gasteiger partial charge in [-0.1, -0.05) is 39.9 Å². The second-order valence-electron chi connectivity index (χ2n) is 34.1. The second-order valence-corrected chi connectivity index (χ2v) is 42.7. The molecule has 5 aromatic heterocycles. The summed E-state index contributed by atoms with van der Waals surface area (Å²) in [4.78, 5) is 87.8. The highest BCUT2D eigenvalue weighted by Gasteiger charge is 2.38. The second kappa shape index (κ2) is 73.7. The van der Waals surface area contributed by atoms with E-state index >= 15 is 0 Å². The summed E-state index contributed by atoms with van der Waals surface area (Å²) in [6, 6.07) is 0. The fourth-order valence-corrected chi connectivity index (χ4v) is 18.4. The van der Waals surface area contributed by atoms with Crippen molar-refractivity contribution in [3.8, 4) is 0 Å². The SMILES string of the molecule is CCCSCCC(=O)NC(C)(COCc1cn(CCCSCCC(=O)NC(CO)(CO)CO)nn1)COCc1cn(CCCSCCC(=O)NC(CO)(CO)CO)nn1.CCCSCCC(=O)NC(COCc1cn(CCCSCCC(=O)NC(CO)(CO)CO)nn1)(COCc1cn(CCCSCCC(=O)NC(CO)(CO)CO)nn1)COCc1cn(CCCSCCC(=O)NC(CO)(CO)CO)nn1. The fraction of sp³-hybridized carbons (Fsp3) is 0.800. The molecular weight excluding hydrogens is 1990 g/mol. The van der Waals surface area contributed by atoms with Crippen molar-refractivity contribution in [3.63, 3.8) is 0 Å². The summed E-state index contributed by atoms with van der Waals surface area (Å²) >= 11 is 11.2. The van der Waals surface area contributed by atoms with E-state index in [-0.39, 0.29) is 146 Å². The summed E-state index contributed by atoms with van der Waals surface area (Å²) in [5, 5.41) is 203. The summed E-state index contributed by atoms with van der Waals surface area (Å²) in [6.07, 6.45) is 16.0. The molecule has 0 aliphatic carbocycles. The van der Waals surface area contributed by atoms with E-state index in [4.69, 9.17) is 23.7 Å². The molecular formula is C85H152N22O27S7. The molecule has 5 rings (SSSR count). The number of thioether (sulfide) groups is 7. The van der Waals surface area contributed by atoms with Gasteiger partial charge < -0.3 is 137 Å². The van der Waals surface area contributed by atoms with Gasteiger partial charge in [0.15, 0.2) is 0 Å². The molecule has 7 amide bonds. The third-order valence-corrected chi connectivity index (χ3v) is 28.7. The molecule has 141 heavy (non-hydrogen) atoms. The Kier molecular flexibility index (Phi) is 66.3. The Hall–Kier alpha value is -6.36. The predicted molar refractivity (Wildman–Crippen MR) is 534 cm³/mol. The molecule has 56 heteroatoms. The number of nitrogens with zero attached hydrogens (tertiary/aromatic N) is 15. The third-order valence-electron chi connectivity index (χ3n) is 21.0. The maximum absolute atomic E-state index is 13.7. The molecule has 0 unspecified atom stereocenters. The van der Waals surface area contributed by atoms with Gasteiger partial charge in [-0.05, 0) is 92.1 Å². The van der Waals surface area contributed by atoms with E-state index in [2.05, 4.69) is 103 Å². The van der Waals surface area contributed by atoms with Crippen molar-refractivity contribution in [3.05, 3.63) is 59.5 Å². The first kappa shape index (κ1) is 127. The molecule has 22 N–H and O–H groups in total. The van der Waals surface area contributed by atoms with Gasteiger partial charge in [0.05, 0.1) is 202 Å². The van der Waals surface area contributed by atoms with Crippen molar-refractivity contribution in [2.45, 2.75) is 215 Å². The quantitative estimate of drug-likeness (QED) is 0.0163. The first-order chi connectivity index (χ1) is 68.1. The van der Waals surface area contributed by atoms with Crippen LogP contribution in [0.2, 0.25) is 0 Å². The number of ether oxygens (including phenoxy) is 5. The Morgan fingerprint density at radius 1 is 0.255 bits per heavy atom. The van der Waals surface area contributed by atoms with E-state index in [1.165, 1.54) is 0 Å². The fourth-order valence-electron chi connectivity index (χ4n) is 12.4. The predicted octanol–water partition coefficient (Wildman–Crippen LogP) is -4.46. The van der Waals surface area contributed by atoms with Crippen molar-refractivity contribution in [2.75, 3.05) is 213 Å². The van der Waals surface area contributed by atoms with Gasteiger partial charge in [-0.25, -0.2) is 0 Å². The average molecular weight is 2140 g/mol. The zero-order valence-corrected chi connectivity index (χ0v) is 86.8. The lowest BCUT2D eigenvalue weighted by molar-refractivity contribution is -0.128. The smallest absolute Gasteiger partial charge is 0.221 e. The maximum Gasteiger partial charge on any atom is 0.221 e. The Morgan fingerprint density at radius 3 is 0.610 bits per heavy atom. The van der Waals surface area contributed by atoms with Gasteiger partial charge in [0.25, 0.3) is 0 Å². The number of aryl methyl sites for hydroxylation is 5. The van der Waals surface area contributed by atoms with Gasteiger partial charge in [-0.2, -0.15) is 82.3 Å².